The summed E-state index contributed by atoms with van der Waals surface area (Å²) in [7, 11) is 0. The first-order valence-electron chi connectivity index (χ1n) is 12.6. The van der Waals surface area contributed by atoms with Gasteiger partial charge in [-0.2, -0.15) is 0 Å². The molecule has 154 valence electrons. The van der Waals surface area contributed by atoms with Gasteiger partial charge in [-0.3, -0.25) is 0 Å². The molecule has 0 radical (unpaired) electrons. The molecule has 2 fully saturated rings. The van der Waals surface area contributed by atoms with Crippen molar-refractivity contribution in [2.45, 2.75) is 136 Å². The van der Waals surface area contributed by atoms with Crippen molar-refractivity contribution in [1.82, 2.24) is 0 Å². The SMILES string of the molecule is CC1CCC(C2CCCCCCCCCCCC(C)CC(C)CC2)CC1. The Hall–Kier alpha value is 0. The quantitative estimate of drug-likeness (QED) is 0.436. The van der Waals surface area contributed by atoms with Crippen molar-refractivity contribution in [3.05, 3.63) is 0 Å². The van der Waals surface area contributed by atoms with Gasteiger partial charge < -0.3 is 0 Å². The topological polar surface area (TPSA) is 0 Å². The molecule has 26 heavy (non-hydrogen) atoms. The van der Waals surface area contributed by atoms with Gasteiger partial charge in [0.05, 0.1) is 0 Å². The predicted octanol–water partition coefficient (Wildman–Crippen LogP) is 9.18. The van der Waals surface area contributed by atoms with E-state index in [1.165, 1.54) is 109 Å². The summed E-state index contributed by atoms with van der Waals surface area (Å²) in [4.78, 5) is 0. The highest BCUT2D eigenvalue weighted by molar-refractivity contribution is 4.77. The zero-order chi connectivity index (χ0) is 18.6. The molecule has 2 rings (SSSR count). The van der Waals surface area contributed by atoms with Crippen molar-refractivity contribution >= 4 is 0 Å². The average molecular weight is 363 g/mol. The highest BCUT2D eigenvalue weighted by atomic mass is 14.3. The first-order chi connectivity index (χ1) is 12.6. The van der Waals surface area contributed by atoms with Gasteiger partial charge in [-0.05, 0) is 55.3 Å². The standard InChI is InChI=1S/C26H50/c1-22-15-18-26(19-16-22)25-14-12-10-8-6-4-5-7-9-11-13-23(2)21-24(3)17-20-25/h22-26H,4-21H2,1-3H3. The lowest BCUT2D eigenvalue weighted by Gasteiger charge is -2.34. The van der Waals surface area contributed by atoms with Gasteiger partial charge in [0.1, 0.15) is 0 Å². The van der Waals surface area contributed by atoms with E-state index < -0.39 is 0 Å². The van der Waals surface area contributed by atoms with Crippen LogP contribution >= 0.6 is 0 Å². The maximum atomic E-state index is 2.55. The molecule has 0 nitrogen and oxygen atoms in total. The zero-order valence-electron chi connectivity index (χ0n) is 18.6. The second-order valence-corrected chi connectivity index (χ2v) is 10.6. The summed E-state index contributed by atoms with van der Waals surface area (Å²) in [6, 6.07) is 0. The van der Waals surface area contributed by atoms with Crippen LogP contribution in [-0.4, -0.2) is 0 Å². The van der Waals surface area contributed by atoms with Gasteiger partial charge >= 0.3 is 0 Å². The van der Waals surface area contributed by atoms with Gasteiger partial charge in [0.15, 0.2) is 0 Å². The van der Waals surface area contributed by atoms with E-state index in [-0.39, 0.29) is 0 Å². The molecule has 0 heteroatoms. The highest BCUT2D eigenvalue weighted by Gasteiger charge is 2.26. The number of hydrogen-bond donors (Lipinski definition) is 0. The van der Waals surface area contributed by atoms with E-state index in [9.17, 15) is 0 Å². The summed E-state index contributed by atoms with van der Waals surface area (Å²) in [6.07, 6.45) is 27.1. The smallest absolute Gasteiger partial charge is 0.0386 e. The lowest BCUT2D eigenvalue weighted by molar-refractivity contribution is 0.180. The van der Waals surface area contributed by atoms with E-state index in [1.807, 2.05) is 0 Å². The van der Waals surface area contributed by atoms with Crippen molar-refractivity contribution in [3.8, 4) is 0 Å². The third-order valence-corrected chi connectivity index (χ3v) is 7.83. The van der Waals surface area contributed by atoms with Gasteiger partial charge in [-0.15, -0.1) is 0 Å². The summed E-state index contributed by atoms with van der Waals surface area (Å²) < 4.78 is 0. The Bertz CT molecular complexity index is 325. The molecule has 0 aromatic heterocycles. The number of rotatable bonds is 1. The van der Waals surface area contributed by atoms with Gasteiger partial charge in [-0.1, -0.05) is 111 Å². The Kier molecular flexibility index (Phi) is 11.3. The normalized spacial score (nSPS) is 37.7. The second-order valence-electron chi connectivity index (χ2n) is 10.6. The van der Waals surface area contributed by atoms with E-state index in [0.29, 0.717) is 0 Å². The van der Waals surface area contributed by atoms with Crippen LogP contribution < -0.4 is 0 Å². The van der Waals surface area contributed by atoms with Gasteiger partial charge in [0.2, 0.25) is 0 Å². The van der Waals surface area contributed by atoms with E-state index in [0.717, 1.165) is 29.6 Å². The van der Waals surface area contributed by atoms with E-state index in [2.05, 4.69) is 20.8 Å². The first-order valence-corrected chi connectivity index (χ1v) is 12.6. The Labute approximate surface area is 166 Å². The molecular weight excluding hydrogens is 312 g/mol. The summed E-state index contributed by atoms with van der Waals surface area (Å²) in [5.74, 6) is 5.02. The van der Waals surface area contributed by atoms with Crippen molar-refractivity contribution in [1.29, 1.82) is 0 Å². The first kappa shape index (κ1) is 22.3. The van der Waals surface area contributed by atoms with Crippen LogP contribution in [0, 0.1) is 29.6 Å². The van der Waals surface area contributed by atoms with Crippen LogP contribution in [0.5, 0.6) is 0 Å². The zero-order valence-corrected chi connectivity index (χ0v) is 18.6. The molecule has 0 aromatic carbocycles. The maximum absolute atomic E-state index is 2.55. The second kappa shape index (κ2) is 13.2. The fourth-order valence-electron chi connectivity index (χ4n) is 5.93. The van der Waals surface area contributed by atoms with Gasteiger partial charge in [0, 0.05) is 0 Å². The maximum Gasteiger partial charge on any atom is -0.0386 e. The Morgan fingerprint density at radius 1 is 0.346 bits per heavy atom. The lowest BCUT2D eigenvalue weighted by atomic mass is 9.72. The van der Waals surface area contributed by atoms with Crippen LogP contribution in [0.2, 0.25) is 0 Å². The third-order valence-electron chi connectivity index (χ3n) is 7.83. The van der Waals surface area contributed by atoms with Gasteiger partial charge in [-0.25, -0.2) is 0 Å². The highest BCUT2D eigenvalue weighted by Crippen LogP contribution is 2.38. The van der Waals surface area contributed by atoms with Crippen molar-refractivity contribution < 1.29 is 0 Å². The Balaban J connectivity index is 1.84. The minimum atomic E-state index is 0.950. The molecule has 0 amide bonds. The molecule has 3 unspecified atom stereocenters. The Morgan fingerprint density at radius 2 is 0.731 bits per heavy atom. The molecule has 2 saturated carbocycles. The summed E-state index contributed by atoms with van der Waals surface area (Å²) >= 11 is 0. The Morgan fingerprint density at radius 3 is 1.31 bits per heavy atom. The van der Waals surface area contributed by atoms with E-state index >= 15 is 0 Å². The number of hydrogen-bond acceptors (Lipinski definition) is 0. The van der Waals surface area contributed by atoms with Crippen molar-refractivity contribution in [2.24, 2.45) is 29.6 Å². The summed E-state index contributed by atoms with van der Waals surface area (Å²) in [5.41, 5.74) is 0. The molecule has 0 bridgehead atoms. The molecule has 0 heterocycles. The molecule has 2 aliphatic rings. The van der Waals surface area contributed by atoms with Crippen LogP contribution in [-0.2, 0) is 0 Å². The van der Waals surface area contributed by atoms with Crippen LogP contribution in [0.25, 0.3) is 0 Å². The van der Waals surface area contributed by atoms with Gasteiger partial charge in [0.25, 0.3) is 0 Å². The minimum Gasteiger partial charge on any atom is -0.0625 e. The average Bonchev–Trinajstić information content (AvgIpc) is 2.62. The molecule has 2 aliphatic carbocycles. The summed E-state index contributed by atoms with van der Waals surface area (Å²) in [6.45, 7) is 7.54. The minimum absolute atomic E-state index is 0.950. The molecule has 0 spiro atoms. The lowest BCUT2D eigenvalue weighted by Crippen LogP contribution is -2.22. The monoisotopic (exact) mass is 362 g/mol. The van der Waals surface area contributed by atoms with E-state index in [4.69, 9.17) is 0 Å². The molecule has 0 aliphatic heterocycles. The predicted molar refractivity (Wildman–Crippen MR) is 118 cm³/mol. The van der Waals surface area contributed by atoms with Crippen LogP contribution in [0.3, 0.4) is 0 Å². The fourth-order valence-corrected chi connectivity index (χ4v) is 5.93. The molecule has 0 aromatic rings. The van der Waals surface area contributed by atoms with Crippen LogP contribution in [0.1, 0.15) is 136 Å². The van der Waals surface area contributed by atoms with Crippen molar-refractivity contribution in [2.75, 3.05) is 0 Å². The largest absolute Gasteiger partial charge is 0.0625 e. The molecule has 0 N–H and O–H groups in total. The third kappa shape index (κ3) is 9.27. The van der Waals surface area contributed by atoms with Crippen LogP contribution in [0.15, 0.2) is 0 Å². The van der Waals surface area contributed by atoms with E-state index in [1.54, 1.807) is 6.42 Å². The fraction of sp³-hybridized carbons (Fsp3) is 1.00. The van der Waals surface area contributed by atoms with Crippen LogP contribution in [0.4, 0.5) is 0 Å². The molecule has 0 saturated heterocycles. The molecular formula is C26H50. The summed E-state index contributed by atoms with van der Waals surface area (Å²) in [5, 5.41) is 0. The van der Waals surface area contributed by atoms with Crippen molar-refractivity contribution in [3.63, 3.8) is 0 Å². The molecule has 3 atom stereocenters.